The number of anilines is 1. The average Bonchev–Trinajstić information content (AvgIpc) is 2.77. The minimum atomic E-state index is 0.923. The molecule has 1 aliphatic rings. The second-order valence-electron chi connectivity index (χ2n) is 6.61. The predicted molar refractivity (Wildman–Crippen MR) is 86.1 cm³/mol. The Labute approximate surface area is 124 Å². The molecule has 3 heteroatoms. The Morgan fingerprint density at radius 3 is 3.00 bits per heavy atom. The van der Waals surface area contributed by atoms with Crippen LogP contribution in [0.1, 0.15) is 64.5 Å². The summed E-state index contributed by atoms with van der Waals surface area (Å²) in [4.78, 5) is 4.61. The van der Waals surface area contributed by atoms with E-state index in [2.05, 4.69) is 41.8 Å². The van der Waals surface area contributed by atoms with E-state index < -0.39 is 0 Å². The van der Waals surface area contributed by atoms with Gasteiger partial charge >= 0.3 is 0 Å². The second kappa shape index (κ2) is 7.70. The molecule has 1 aromatic rings. The van der Waals surface area contributed by atoms with Crippen LogP contribution in [-0.4, -0.2) is 16.1 Å². The number of aromatic nitrogens is 2. The first kappa shape index (κ1) is 15.4. The van der Waals surface area contributed by atoms with Crippen LogP contribution in [0.4, 0.5) is 5.95 Å². The van der Waals surface area contributed by atoms with E-state index in [0.717, 1.165) is 36.6 Å². The molecular weight excluding hydrogens is 246 g/mol. The van der Waals surface area contributed by atoms with E-state index >= 15 is 0 Å². The lowest BCUT2D eigenvalue weighted by Crippen LogP contribution is -2.17. The zero-order chi connectivity index (χ0) is 14.4. The number of aryl methyl sites for hydroxylation is 2. The van der Waals surface area contributed by atoms with E-state index in [1.54, 1.807) is 0 Å². The molecule has 0 aromatic carbocycles. The van der Waals surface area contributed by atoms with Gasteiger partial charge in [0.25, 0.3) is 0 Å². The van der Waals surface area contributed by atoms with Crippen LogP contribution in [0.2, 0.25) is 0 Å². The summed E-state index contributed by atoms with van der Waals surface area (Å²) >= 11 is 0. The summed E-state index contributed by atoms with van der Waals surface area (Å²) in [5, 5.41) is 3.56. The Kier molecular flexibility index (Phi) is 5.93. The summed E-state index contributed by atoms with van der Waals surface area (Å²) in [6.45, 7) is 8.87. The van der Waals surface area contributed by atoms with Gasteiger partial charge in [0.2, 0.25) is 5.95 Å². The van der Waals surface area contributed by atoms with Crippen molar-refractivity contribution < 1.29 is 0 Å². The number of unbranched alkanes of at least 4 members (excludes halogenated alkanes) is 1. The van der Waals surface area contributed by atoms with Gasteiger partial charge in [0.1, 0.15) is 0 Å². The largest absolute Gasteiger partial charge is 0.356 e. The van der Waals surface area contributed by atoms with E-state index in [1.165, 1.54) is 44.9 Å². The summed E-state index contributed by atoms with van der Waals surface area (Å²) in [5.74, 6) is 2.92. The molecule has 0 radical (unpaired) electrons. The maximum absolute atomic E-state index is 4.61. The third-order valence-corrected chi connectivity index (χ3v) is 4.53. The molecule has 114 valence electrons. The third-order valence-electron chi connectivity index (χ3n) is 4.53. The van der Waals surface area contributed by atoms with Crippen molar-refractivity contribution in [1.82, 2.24) is 9.55 Å². The van der Waals surface area contributed by atoms with Crippen molar-refractivity contribution in [2.45, 2.75) is 72.3 Å². The van der Waals surface area contributed by atoms with E-state index in [-0.39, 0.29) is 0 Å². The summed E-state index contributed by atoms with van der Waals surface area (Å²) in [6.07, 6.45) is 11.6. The molecule has 2 unspecified atom stereocenters. The quantitative estimate of drug-likeness (QED) is 0.788. The van der Waals surface area contributed by atoms with Crippen LogP contribution in [0.3, 0.4) is 0 Å². The Morgan fingerprint density at radius 2 is 2.25 bits per heavy atom. The van der Waals surface area contributed by atoms with Crippen molar-refractivity contribution in [3.8, 4) is 0 Å². The molecule has 1 heterocycles. The number of hydrogen-bond acceptors (Lipinski definition) is 2. The Morgan fingerprint density at radius 1 is 1.40 bits per heavy atom. The normalized spacial score (nSPS) is 22.9. The van der Waals surface area contributed by atoms with Gasteiger partial charge in [-0.05, 0) is 38.0 Å². The molecule has 0 saturated heterocycles. The van der Waals surface area contributed by atoms with Gasteiger partial charge < -0.3 is 9.88 Å². The molecule has 0 bridgehead atoms. The van der Waals surface area contributed by atoms with E-state index in [9.17, 15) is 0 Å². The van der Waals surface area contributed by atoms with Gasteiger partial charge in [-0.3, -0.25) is 0 Å². The smallest absolute Gasteiger partial charge is 0.203 e. The zero-order valence-corrected chi connectivity index (χ0v) is 13.5. The summed E-state index contributed by atoms with van der Waals surface area (Å²) in [5.41, 5.74) is 1.12. The third kappa shape index (κ3) is 4.53. The van der Waals surface area contributed by atoms with Gasteiger partial charge in [0, 0.05) is 19.3 Å². The molecule has 2 atom stereocenters. The Hall–Kier alpha value is -0.990. The average molecular weight is 277 g/mol. The van der Waals surface area contributed by atoms with Gasteiger partial charge in [-0.1, -0.05) is 39.5 Å². The number of hydrogen-bond donors (Lipinski definition) is 1. The molecule has 20 heavy (non-hydrogen) atoms. The van der Waals surface area contributed by atoms with E-state index in [4.69, 9.17) is 0 Å². The maximum atomic E-state index is 4.61. The molecule has 1 aromatic heterocycles. The van der Waals surface area contributed by atoms with Gasteiger partial charge in [-0.2, -0.15) is 0 Å². The molecule has 1 saturated carbocycles. The van der Waals surface area contributed by atoms with Crippen LogP contribution < -0.4 is 5.32 Å². The minimum Gasteiger partial charge on any atom is -0.356 e. The van der Waals surface area contributed by atoms with Crippen LogP contribution in [0, 0.1) is 18.8 Å². The Bertz CT molecular complexity index is 397. The van der Waals surface area contributed by atoms with Crippen LogP contribution >= 0.6 is 0 Å². The first-order valence-corrected chi connectivity index (χ1v) is 8.46. The highest BCUT2D eigenvalue weighted by Crippen LogP contribution is 2.30. The molecule has 1 N–H and O–H groups in total. The maximum Gasteiger partial charge on any atom is 0.203 e. The van der Waals surface area contributed by atoms with Crippen molar-refractivity contribution >= 4 is 5.95 Å². The highest BCUT2D eigenvalue weighted by Gasteiger charge is 2.18. The topological polar surface area (TPSA) is 29.9 Å². The number of rotatable bonds is 7. The predicted octanol–water partition coefficient (Wildman–Crippen LogP) is 4.62. The Balaban J connectivity index is 1.78. The molecule has 0 aliphatic heterocycles. The molecular formula is C17H31N3. The highest BCUT2D eigenvalue weighted by molar-refractivity contribution is 5.28. The SMILES string of the molecule is CCCCn1cc(C)nc1NCCC1CCCC(C)C1. The lowest BCUT2D eigenvalue weighted by Gasteiger charge is -2.26. The van der Waals surface area contributed by atoms with Gasteiger partial charge in [0.15, 0.2) is 0 Å². The fourth-order valence-corrected chi connectivity index (χ4v) is 3.40. The zero-order valence-electron chi connectivity index (χ0n) is 13.5. The summed E-state index contributed by atoms with van der Waals surface area (Å²) in [6, 6.07) is 0. The van der Waals surface area contributed by atoms with Gasteiger partial charge in [0.05, 0.1) is 5.69 Å². The molecule has 1 aliphatic carbocycles. The standard InChI is InChI=1S/C17H31N3/c1-4-5-11-20-13-15(3)19-17(20)18-10-9-16-8-6-7-14(2)12-16/h13-14,16H,4-12H2,1-3H3,(H,18,19). The van der Waals surface area contributed by atoms with Crippen molar-refractivity contribution in [1.29, 1.82) is 0 Å². The molecule has 0 spiro atoms. The molecule has 1 fully saturated rings. The molecule has 3 nitrogen and oxygen atoms in total. The van der Waals surface area contributed by atoms with Crippen molar-refractivity contribution in [2.24, 2.45) is 11.8 Å². The molecule has 2 rings (SSSR count). The van der Waals surface area contributed by atoms with E-state index in [1.807, 2.05) is 0 Å². The monoisotopic (exact) mass is 277 g/mol. The van der Waals surface area contributed by atoms with Gasteiger partial charge in [-0.25, -0.2) is 4.98 Å². The van der Waals surface area contributed by atoms with Crippen molar-refractivity contribution in [2.75, 3.05) is 11.9 Å². The molecule has 0 amide bonds. The first-order chi connectivity index (χ1) is 9.69. The van der Waals surface area contributed by atoms with Crippen LogP contribution in [0.25, 0.3) is 0 Å². The lowest BCUT2D eigenvalue weighted by atomic mass is 9.81. The van der Waals surface area contributed by atoms with Crippen LogP contribution in [0.15, 0.2) is 6.20 Å². The summed E-state index contributed by atoms with van der Waals surface area (Å²) < 4.78 is 2.28. The fourth-order valence-electron chi connectivity index (χ4n) is 3.40. The lowest BCUT2D eigenvalue weighted by molar-refractivity contribution is 0.274. The number of nitrogens with zero attached hydrogens (tertiary/aromatic N) is 2. The van der Waals surface area contributed by atoms with Crippen molar-refractivity contribution in [3.63, 3.8) is 0 Å². The second-order valence-corrected chi connectivity index (χ2v) is 6.61. The van der Waals surface area contributed by atoms with Crippen LogP contribution in [0.5, 0.6) is 0 Å². The van der Waals surface area contributed by atoms with E-state index in [0.29, 0.717) is 0 Å². The van der Waals surface area contributed by atoms with Crippen molar-refractivity contribution in [3.05, 3.63) is 11.9 Å². The summed E-state index contributed by atoms with van der Waals surface area (Å²) in [7, 11) is 0. The van der Waals surface area contributed by atoms with Crippen LogP contribution in [-0.2, 0) is 6.54 Å². The first-order valence-electron chi connectivity index (χ1n) is 8.46. The van der Waals surface area contributed by atoms with Gasteiger partial charge in [-0.15, -0.1) is 0 Å². The fraction of sp³-hybridized carbons (Fsp3) is 0.824. The number of nitrogens with one attached hydrogen (secondary N) is 1. The number of imidazole rings is 1. The highest BCUT2D eigenvalue weighted by atomic mass is 15.2. The minimum absolute atomic E-state index is 0.923.